The Morgan fingerprint density at radius 1 is 1.60 bits per heavy atom. The minimum Gasteiger partial charge on any atom is -0.264 e. The molecule has 0 fully saturated rings. The van der Waals surface area contributed by atoms with Gasteiger partial charge in [-0.2, -0.15) is 0 Å². The first-order valence-electron chi connectivity index (χ1n) is 4.43. The standard InChI is InChI=1S/C10H8BrNO2S/c11-8-5-10(15-6-8)7-1-3-9(4-2-7)12(13)14/h1-3,5-6,9H,4H2. The lowest BCUT2D eigenvalue weighted by Crippen LogP contribution is -2.17. The number of nitrogens with zero attached hydrogens (tertiary/aromatic N) is 1. The van der Waals surface area contributed by atoms with Gasteiger partial charge in [-0.3, -0.25) is 10.1 Å². The van der Waals surface area contributed by atoms with Crippen molar-refractivity contribution in [3.63, 3.8) is 0 Å². The van der Waals surface area contributed by atoms with Gasteiger partial charge in [0, 0.05) is 26.1 Å². The summed E-state index contributed by atoms with van der Waals surface area (Å²) in [6.45, 7) is 0. The quantitative estimate of drug-likeness (QED) is 0.617. The normalized spacial score (nSPS) is 20.1. The Bertz CT molecular complexity index is 450. The Morgan fingerprint density at radius 2 is 2.40 bits per heavy atom. The zero-order chi connectivity index (χ0) is 10.8. The average molecular weight is 286 g/mol. The van der Waals surface area contributed by atoms with E-state index < -0.39 is 6.04 Å². The zero-order valence-corrected chi connectivity index (χ0v) is 10.1. The smallest absolute Gasteiger partial charge is 0.235 e. The third kappa shape index (κ3) is 2.35. The van der Waals surface area contributed by atoms with Gasteiger partial charge in [0.15, 0.2) is 0 Å². The van der Waals surface area contributed by atoms with Crippen molar-refractivity contribution in [1.29, 1.82) is 0 Å². The second-order valence-corrected chi connectivity index (χ2v) is 5.06. The van der Waals surface area contributed by atoms with E-state index in [1.165, 1.54) is 0 Å². The summed E-state index contributed by atoms with van der Waals surface area (Å²) >= 11 is 5.01. The number of thiophene rings is 1. The summed E-state index contributed by atoms with van der Waals surface area (Å²) in [5, 5.41) is 12.5. The lowest BCUT2D eigenvalue weighted by Gasteiger charge is -2.08. The Labute approximate surface area is 99.4 Å². The van der Waals surface area contributed by atoms with E-state index in [4.69, 9.17) is 0 Å². The van der Waals surface area contributed by atoms with Crippen molar-refractivity contribution in [3.8, 4) is 0 Å². The van der Waals surface area contributed by atoms with Crippen LogP contribution in [-0.4, -0.2) is 11.0 Å². The third-order valence-corrected chi connectivity index (χ3v) is 3.94. The van der Waals surface area contributed by atoms with E-state index in [9.17, 15) is 10.1 Å². The predicted octanol–water partition coefficient (Wildman–Crippen LogP) is 3.50. The van der Waals surface area contributed by atoms with Gasteiger partial charge in [-0.25, -0.2) is 0 Å². The summed E-state index contributed by atoms with van der Waals surface area (Å²) < 4.78 is 1.05. The summed E-state index contributed by atoms with van der Waals surface area (Å²) in [5.74, 6) is 0. The van der Waals surface area contributed by atoms with Crippen LogP contribution < -0.4 is 0 Å². The molecule has 5 heteroatoms. The second-order valence-electron chi connectivity index (χ2n) is 3.24. The van der Waals surface area contributed by atoms with Crippen molar-refractivity contribution in [3.05, 3.63) is 49.1 Å². The van der Waals surface area contributed by atoms with E-state index >= 15 is 0 Å². The van der Waals surface area contributed by atoms with Gasteiger partial charge >= 0.3 is 0 Å². The van der Waals surface area contributed by atoms with Crippen LogP contribution in [0.1, 0.15) is 11.3 Å². The highest BCUT2D eigenvalue weighted by atomic mass is 79.9. The molecule has 1 atom stereocenters. The van der Waals surface area contributed by atoms with E-state index in [0.717, 1.165) is 14.9 Å². The average Bonchev–Trinajstić information content (AvgIpc) is 2.65. The molecule has 0 saturated heterocycles. The van der Waals surface area contributed by atoms with Crippen molar-refractivity contribution in [2.24, 2.45) is 0 Å². The highest BCUT2D eigenvalue weighted by Crippen LogP contribution is 2.29. The summed E-state index contributed by atoms with van der Waals surface area (Å²) in [5.41, 5.74) is 1.07. The van der Waals surface area contributed by atoms with Crippen LogP contribution in [0.15, 0.2) is 34.1 Å². The van der Waals surface area contributed by atoms with Gasteiger partial charge in [-0.1, -0.05) is 12.2 Å². The molecule has 1 heterocycles. The van der Waals surface area contributed by atoms with E-state index in [2.05, 4.69) is 15.9 Å². The SMILES string of the molecule is O=[N+]([O-])C1C=CC(c2cc(Br)cs2)=CC1. The van der Waals surface area contributed by atoms with Crippen LogP contribution in [0.2, 0.25) is 0 Å². The van der Waals surface area contributed by atoms with Gasteiger partial charge < -0.3 is 0 Å². The molecular weight excluding hydrogens is 278 g/mol. The molecule has 0 amide bonds. The summed E-state index contributed by atoms with van der Waals surface area (Å²) in [4.78, 5) is 11.4. The van der Waals surface area contributed by atoms with E-state index in [1.807, 2.05) is 23.6 Å². The number of halogens is 1. The molecule has 3 nitrogen and oxygen atoms in total. The molecule has 1 unspecified atom stereocenters. The van der Waals surface area contributed by atoms with Gasteiger partial charge in [0.1, 0.15) is 0 Å². The molecule has 15 heavy (non-hydrogen) atoms. The van der Waals surface area contributed by atoms with Crippen LogP contribution in [-0.2, 0) is 0 Å². The van der Waals surface area contributed by atoms with Crippen LogP contribution in [0.3, 0.4) is 0 Å². The summed E-state index contributed by atoms with van der Waals surface area (Å²) in [6.07, 6.45) is 5.89. The van der Waals surface area contributed by atoms with Gasteiger partial charge in [-0.05, 0) is 33.6 Å². The van der Waals surface area contributed by atoms with Crippen molar-refractivity contribution in [1.82, 2.24) is 0 Å². The lowest BCUT2D eigenvalue weighted by molar-refractivity contribution is -0.508. The number of allylic oxidation sites excluding steroid dienone is 2. The minimum atomic E-state index is -0.558. The number of rotatable bonds is 2. The van der Waals surface area contributed by atoms with Crippen LogP contribution in [0, 0.1) is 10.1 Å². The Kier molecular flexibility index (Phi) is 3.02. The van der Waals surface area contributed by atoms with E-state index in [-0.39, 0.29) is 4.92 Å². The summed E-state index contributed by atoms with van der Waals surface area (Å²) in [6, 6.07) is 1.46. The molecule has 0 radical (unpaired) electrons. The highest BCUT2D eigenvalue weighted by Gasteiger charge is 2.18. The Balaban J connectivity index is 2.16. The van der Waals surface area contributed by atoms with Gasteiger partial charge in [0.05, 0.1) is 0 Å². The van der Waals surface area contributed by atoms with Gasteiger partial charge in [-0.15, -0.1) is 11.3 Å². The monoisotopic (exact) mass is 285 g/mol. The molecule has 0 aliphatic heterocycles. The maximum absolute atomic E-state index is 10.5. The fourth-order valence-corrected chi connectivity index (χ4v) is 2.86. The number of hydrogen-bond donors (Lipinski definition) is 0. The predicted molar refractivity (Wildman–Crippen MR) is 64.5 cm³/mol. The van der Waals surface area contributed by atoms with Crippen LogP contribution in [0.25, 0.3) is 5.57 Å². The molecule has 78 valence electrons. The van der Waals surface area contributed by atoms with Crippen molar-refractivity contribution in [2.45, 2.75) is 12.5 Å². The van der Waals surface area contributed by atoms with Crippen molar-refractivity contribution < 1.29 is 4.92 Å². The molecule has 1 aromatic rings. The molecule has 2 rings (SSSR count). The third-order valence-electron chi connectivity index (χ3n) is 2.20. The second kappa shape index (κ2) is 4.28. The van der Waals surface area contributed by atoms with Gasteiger partial charge in [0.2, 0.25) is 6.04 Å². The lowest BCUT2D eigenvalue weighted by atomic mass is 10.0. The first-order chi connectivity index (χ1) is 7.16. The topological polar surface area (TPSA) is 43.1 Å². The maximum Gasteiger partial charge on any atom is 0.235 e. The highest BCUT2D eigenvalue weighted by molar-refractivity contribution is 9.10. The molecule has 0 spiro atoms. The van der Waals surface area contributed by atoms with E-state index in [1.54, 1.807) is 17.4 Å². The Morgan fingerprint density at radius 3 is 2.87 bits per heavy atom. The number of nitro groups is 1. The van der Waals surface area contributed by atoms with Crippen LogP contribution in [0.5, 0.6) is 0 Å². The maximum atomic E-state index is 10.5. The van der Waals surface area contributed by atoms with E-state index in [0.29, 0.717) is 6.42 Å². The fourth-order valence-electron chi connectivity index (χ4n) is 1.41. The largest absolute Gasteiger partial charge is 0.264 e. The first-order valence-corrected chi connectivity index (χ1v) is 6.10. The molecule has 1 aliphatic carbocycles. The van der Waals surface area contributed by atoms with Crippen LogP contribution in [0.4, 0.5) is 0 Å². The first kappa shape index (κ1) is 10.6. The van der Waals surface area contributed by atoms with Crippen LogP contribution >= 0.6 is 27.3 Å². The summed E-state index contributed by atoms with van der Waals surface area (Å²) in [7, 11) is 0. The van der Waals surface area contributed by atoms with Crippen molar-refractivity contribution in [2.75, 3.05) is 0 Å². The van der Waals surface area contributed by atoms with Gasteiger partial charge in [0.25, 0.3) is 0 Å². The number of hydrogen-bond acceptors (Lipinski definition) is 3. The minimum absolute atomic E-state index is 0.256. The molecule has 0 aromatic carbocycles. The molecule has 1 aliphatic rings. The fraction of sp³-hybridized carbons (Fsp3) is 0.200. The zero-order valence-electron chi connectivity index (χ0n) is 7.72. The molecular formula is C10H8BrNO2S. The molecule has 0 saturated carbocycles. The Hall–Kier alpha value is -0.940. The molecule has 0 bridgehead atoms. The van der Waals surface area contributed by atoms with Crippen molar-refractivity contribution >= 4 is 32.8 Å². The molecule has 0 N–H and O–H groups in total. The molecule has 1 aromatic heterocycles.